The van der Waals surface area contributed by atoms with Crippen LogP contribution in [0.2, 0.25) is 0 Å². The van der Waals surface area contributed by atoms with Crippen LogP contribution in [0.3, 0.4) is 0 Å². The zero-order valence-electron chi connectivity index (χ0n) is 24.6. The van der Waals surface area contributed by atoms with E-state index in [1.54, 1.807) is 33.2 Å². The Bertz CT molecular complexity index is 1760. The molecule has 43 heavy (non-hydrogen) atoms. The minimum absolute atomic E-state index is 0.0996. The second-order valence-corrected chi connectivity index (χ2v) is 11.3. The summed E-state index contributed by atoms with van der Waals surface area (Å²) in [5.41, 5.74) is 2.52. The van der Waals surface area contributed by atoms with Crippen molar-refractivity contribution in [3.05, 3.63) is 90.4 Å². The molecule has 2 amide bonds. The number of rotatable bonds is 9. The Morgan fingerprint density at radius 3 is 2.37 bits per heavy atom. The molecule has 0 spiro atoms. The molecule has 0 unspecified atom stereocenters. The van der Waals surface area contributed by atoms with Gasteiger partial charge in [0.25, 0.3) is 0 Å². The summed E-state index contributed by atoms with van der Waals surface area (Å²) in [5.74, 6) is -0.538. The molecule has 0 aliphatic carbocycles. The molecule has 10 heteroatoms. The number of alkyl carbamates (subject to hydrolysis) is 1. The molecule has 0 aliphatic heterocycles. The maximum Gasteiger partial charge on any atom is 0.408 e. The predicted octanol–water partition coefficient (Wildman–Crippen LogP) is 5.05. The number of hydrogen-bond donors (Lipinski definition) is 4. The van der Waals surface area contributed by atoms with Crippen molar-refractivity contribution in [3.63, 3.8) is 0 Å². The van der Waals surface area contributed by atoms with Crippen molar-refractivity contribution in [1.82, 2.24) is 25.6 Å². The molecule has 0 fully saturated rings. The average molecular weight is 582 g/mol. The number of imidazole rings is 1. The molecular formula is C33H35N5O5. The molecule has 2 heterocycles. The van der Waals surface area contributed by atoms with Gasteiger partial charge in [0, 0.05) is 47.4 Å². The standard InChI is InChI=1S/C33H35N5O5/c1-33(2,3)43-32(41)38-27(16-21-18-34-26-15-8-7-13-24(21)26)30(39)37-28(31(40)42-4)17-22-19-35-29(36-22)25-14-9-11-20-10-5-6-12-23(20)25/h5-15,18-19,27-28,34H,16-17H2,1-4H3,(H,35,36)(H,37,39)(H,38,41)/t27-,28-/m0/s1. The molecule has 0 saturated heterocycles. The number of ether oxygens (including phenoxy) is 2. The van der Waals surface area contributed by atoms with Gasteiger partial charge in [-0.1, -0.05) is 60.7 Å². The Hall–Kier alpha value is -5.12. The van der Waals surface area contributed by atoms with E-state index in [1.165, 1.54) is 7.11 Å². The van der Waals surface area contributed by atoms with Crippen molar-refractivity contribution in [3.8, 4) is 11.4 Å². The quantitative estimate of drug-likeness (QED) is 0.180. The van der Waals surface area contributed by atoms with E-state index in [2.05, 4.69) is 25.6 Å². The Kier molecular flexibility index (Phi) is 8.47. The molecule has 0 saturated carbocycles. The maximum atomic E-state index is 13.7. The van der Waals surface area contributed by atoms with Crippen LogP contribution in [0, 0.1) is 0 Å². The molecule has 5 rings (SSSR count). The van der Waals surface area contributed by atoms with E-state index in [0.29, 0.717) is 11.5 Å². The summed E-state index contributed by atoms with van der Waals surface area (Å²) in [6, 6.07) is 19.6. The zero-order chi connectivity index (χ0) is 30.6. The first-order valence-corrected chi connectivity index (χ1v) is 14.1. The van der Waals surface area contributed by atoms with Crippen LogP contribution in [0.15, 0.2) is 79.1 Å². The largest absolute Gasteiger partial charge is 0.467 e. The van der Waals surface area contributed by atoms with Crippen LogP contribution in [0.1, 0.15) is 32.0 Å². The minimum atomic E-state index is -1.04. The highest BCUT2D eigenvalue weighted by Gasteiger charge is 2.30. The van der Waals surface area contributed by atoms with E-state index >= 15 is 0 Å². The molecule has 2 aromatic heterocycles. The van der Waals surface area contributed by atoms with Crippen molar-refractivity contribution < 1.29 is 23.9 Å². The SMILES string of the molecule is COC(=O)[C@H](Cc1cnc(-c2cccc3ccccc23)[nH]1)NC(=O)[C@H](Cc1c[nH]c2ccccc12)NC(=O)OC(C)(C)C. The Labute approximate surface area is 249 Å². The molecule has 10 nitrogen and oxygen atoms in total. The lowest BCUT2D eigenvalue weighted by Gasteiger charge is -2.24. The first-order valence-electron chi connectivity index (χ1n) is 14.1. The van der Waals surface area contributed by atoms with E-state index in [9.17, 15) is 14.4 Å². The minimum Gasteiger partial charge on any atom is -0.467 e. The number of carbonyl (C=O) groups excluding carboxylic acids is 3. The Balaban J connectivity index is 1.37. The third-order valence-corrected chi connectivity index (χ3v) is 7.01. The van der Waals surface area contributed by atoms with Crippen LogP contribution in [0.25, 0.3) is 33.1 Å². The third kappa shape index (κ3) is 7.03. The van der Waals surface area contributed by atoms with Crippen LogP contribution in [-0.2, 0) is 31.9 Å². The number of benzene rings is 3. The van der Waals surface area contributed by atoms with E-state index in [1.807, 2.05) is 66.7 Å². The smallest absolute Gasteiger partial charge is 0.408 e. The van der Waals surface area contributed by atoms with Crippen molar-refractivity contribution in [1.29, 1.82) is 0 Å². The van der Waals surface area contributed by atoms with Crippen LogP contribution in [-0.4, -0.2) is 57.7 Å². The van der Waals surface area contributed by atoms with Crippen LogP contribution in [0.5, 0.6) is 0 Å². The Morgan fingerprint density at radius 1 is 0.884 bits per heavy atom. The monoisotopic (exact) mass is 581 g/mol. The lowest BCUT2D eigenvalue weighted by atomic mass is 10.0. The number of hydrogen-bond acceptors (Lipinski definition) is 6. The Morgan fingerprint density at radius 2 is 1.60 bits per heavy atom. The van der Waals surface area contributed by atoms with Crippen LogP contribution < -0.4 is 10.6 Å². The fraction of sp³-hybridized carbons (Fsp3) is 0.273. The molecule has 2 atom stereocenters. The summed E-state index contributed by atoms with van der Waals surface area (Å²) in [4.78, 5) is 50.3. The van der Waals surface area contributed by atoms with Gasteiger partial charge in [-0.2, -0.15) is 0 Å². The first-order chi connectivity index (χ1) is 20.6. The number of methoxy groups -OCH3 is 1. The lowest BCUT2D eigenvalue weighted by molar-refractivity contribution is -0.145. The van der Waals surface area contributed by atoms with E-state index < -0.39 is 35.7 Å². The number of amides is 2. The molecule has 222 valence electrons. The molecule has 5 aromatic rings. The third-order valence-electron chi connectivity index (χ3n) is 7.01. The number of carbonyl (C=O) groups is 3. The second kappa shape index (κ2) is 12.4. The van der Waals surface area contributed by atoms with Gasteiger partial charge in [-0.3, -0.25) is 4.79 Å². The molecule has 0 aliphatic rings. The van der Waals surface area contributed by atoms with Crippen LogP contribution >= 0.6 is 0 Å². The highest BCUT2D eigenvalue weighted by Crippen LogP contribution is 2.26. The van der Waals surface area contributed by atoms with Crippen molar-refractivity contribution in [2.75, 3.05) is 7.11 Å². The zero-order valence-corrected chi connectivity index (χ0v) is 24.6. The molecule has 3 aromatic carbocycles. The second-order valence-electron chi connectivity index (χ2n) is 11.3. The van der Waals surface area contributed by atoms with Gasteiger partial charge in [-0.05, 0) is 43.2 Å². The fourth-order valence-corrected chi connectivity index (χ4v) is 5.04. The summed E-state index contributed by atoms with van der Waals surface area (Å²) in [6.07, 6.45) is 2.97. The summed E-state index contributed by atoms with van der Waals surface area (Å²) in [6.45, 7) is 5.22. The average Bonchev–Trinajstić information content (AvgIpc) is 3.62. The van der Waals surface area contributed by atoms with Gasteiger partial charge in [-0.25, -0.2) is 14.6 Å². The maximum absolute atomic E-state index is 13.7. The number of H-pyrrole nitrogens is 2. The lowest BCUT2D eigenvalue weighted by Crippen LogP contribution is -2.54. The highest BCUT2D eigenvalue weighted by molar-refractivity contribution is 5.95. The van der Waals surface area contributed by atoms with Gasteiger partial charge in [0.1, 0.15) is 23.5 Å². The summed E-state index contributed by atoms with van der Waals surface area (Å²) in [5, 5.41) is 8.51. The van der Waals surface area contributed by atoms with Crippen molar-refractivity contribution in [2.24, 2.45) is 0 Å². The summed E-state index contributed by atoms with van der Waals surface area (Å²) in [7, 11) is 1.26. The topological polar surface area (TPSA) is 138 Å². The summed E-state index contributed by atoms with van der Waals surface area (Å²) < 4.78 is 10.4. The number of esters is 1. The normalized spacial score (nSPS) is 12.9. The molecule has 4 N–H and O–H groups in total. The molecular weight excluding hydrogens is 546 g/mol. The first kappa shape index (κ1) is 29.4. The number of fused-ring (bicyclic) bond motifs is 2. The summed E-state index contributed by atoms with van der Waals surface area (Å²) >= 11 is 0. The van der Waals surface area contributed by atoms with Crippen molar-refractivity contribution >= 4 is 39.6 Å². The fourth-order valence-electron chi connectivity index (χ4n) is 5.04. The highest BCUT2D eigenvalue weighted by atomic mass is 16.6. The van der Waals surface area contributed by atoms with Gasteiger partial charge < -0.3 is 30.1 Å². The van der Waals surface area contributed by atoms with Gasteiger partial charge in [-0.15, -0.1) is 0 Å². The van der Waals surface area contributed by atoms with Gasteiger partial charge in [0.05, 0.1) is 7.11 Å². The van der Waals surface area contributed by atoms with Gasteiger partial charge >= 0.3 is 12.1 Å². The number of para-hydroxylation sites is 1. The van der Waals surface area contributed by atoms with E-state index in [-0.39, 0.29) is 12.8 Å². The number of aromatic nitrogens is 3. The number of nitrogens with one attached hydrogen (secondary N) is 4. The molecule has 0 bridgehead atoms. The van der Waals surface area contributed by atoms with Gasteiger partial charge in [0.15, 0.2) is 0 Å². The van der Waals surface area contributed by atoms with Crippen LogP contribution in [0.4, 0.5) is 4.79 Å². The van der Waals surface area contributed by atoms with E-state index in [4.69, 9.17) is 9.47 Å². The number of nitrogens with zero attached hydrogens (tertiary/aromatic N) is 1. The van der Waals surface area contributed by atoms with E-state index in [0.717, 1.165) is 32.8 Å². The van der Waals surface area contributed by atoms with Gasteiger partial charge in [0.2, 0.25) is 5.91 Å². The molecule has 0 radical (unpaired) electrons. The van der Waals surface area contributed by atoms with Crippen molar-refractivity contribution in [2.45, 2.75) is 51.3 Å². The predicted molar refractivity (Wildman–Crippen MR) is 164 cm³/mol. The number of aromatic amines is 2.